The van der Waals surface area contributed by atoms with E-state index in [-0.39, 0.29) is 0 Å². The molecule has 0 aliphatic carbocycles. The minimum absolute atomic E-state index is 0.410. The Morgan fingerprint density at radius 3 is 2.15 bits per heavy atom. The zero-order valence-electron chi connectivity index (χ0n) is 7.39. The highest BCUT2D eigenvalue weighted by Crippen LogP contribution is 2.12. The van der Waals surface area contributed by atoms with Crippen LogP contribution in [0.1, 0.15) is 20.8 Å². The van der Waals surface area contributed by atoms with Gasteiger partial charge in [0.25, 0.3) is 9.05 Å². The van der Waals surface area contributed by atoms with E-state index in [1.165, 1.54) is 4.80 Å². The molecule has 0 radical (unpaired) electrons. The van der Waals surface area contributed by atoms with Crippen molar-refractivity contribution in [2.24, 2.45) is 0 Å². The predicted octanol–water partition coefficient (Wildman–Crippen LogP) is 0.356. The van der Waals surface area contributed by atoms with Crippen LogP contribution >= 0.6 is 10.7 Å². The Morgan fingerprint density at radius 2 is 1.92 bits per heavy atom. The Balaban J connectivity index is 3.16. The molecule has 0 aliphatic heterocycles. The van der Waals surface area contributed by atoms with Gasteiger partial charge >= 0.3 is 5.16 Å². The van der Waals surface area contributed by atoms with E-state index in [0.29, 0.717) is 0 Å². The maximum atomic E-state index is 10.8. The summed E-state index contributed by atoms with van der Waals surface area (Å²) in [6.45, 7) is 5.46. The number of rotatable bonds is 1. The van der Waals surface area contributed by atoms with Crippen LogP contribution in [0.5, 0.6) is 0 Å². The van der Waals surface area contributed by atoms with E-state index in [1.54, 1.807) is 0 Å². The Bertz CT molecular complexity index is 404. The van der Waals surface area contributed by atoms with Gasteiger partial charge in [-0.05, 0) is 26.0 Å². The van der Waals surface area contributed by atoms with E-state index in [1.807, 2.05) is 20.8 Å². The SMILES string of the molecule is CC(C)(C)n1nnc(S(=O)(=O)Cl)n1. The Labute approximate surface area is 80.3 Å². The van der Waals surface area contributed by atoms with Crippen LogP contribution in [0.3, 0.4) is 0 Å². The molecule has 13 heavy (non-hydrogen) atoms. The van der Waals surface area contributed by atoms with Crippen LogP contribution in [-0.4, -0.2) is 28.6 Å². The lowest BCUT2D eigenvalue weighted by atomic mass is 10.1. The van der Waals surface area contributed by atoms with Crippen LogP contribution in [0, 0.1) is 0 Å². The van der Waals surface area contributed by atoms with Gasteiger partial charge in [0.05, 0.1) is 5.54 Å². The Kier molecular flexibility index (Phi) is 2.33. The van der Waals surface area contributed by atoms with Crippen molar-refractivity contribution in [3.8, 4) is 0 Å². The van der Waals surface area contributed by atoms with E-state index >= 15 is 0 Å². The summed E-state index contributed by atoms with van der Waals surface area (Å²) < 4.78 is 21.5. The highest BCUT2D eigenvalue weighted by atomic mass is 35.7. The molecule has 6 nitrogen and oxygen atoms in total. The lowest BCUT2D eigenvalue weighted by Gasteiger charge is -2.14. The molecule has 8 heteroatoms. The topological polar surface area (TPSA) is 77.7 Å². The fourth-order valence-electron chi connectivity index (χ4n) is 0.583. The van der Waals surface area contributed by atoms with E-state index < -0.39 is 19.7 Å². The summed E-state index contributed by atoms with van der Waals surface area (Å²) in [5, 5.41) is 10.0. The first kappa shape index (κ1) is 10.4. The minimum Gasteiger partial charge on any atom is -0.203 e. The van der Waals surface area contributed by atoms with Crippen LogP contribution in [0.15, 0.2) is 5.16 Å². The number of halogens is 1. The fourth-order valence-corrected chi connectivity index (χ4v) is 1.08. The average molecular weight is 225 g/mol. The Morgan fingerprint density at radius 1 is 1.38 bits per heavy atom. The number of nitrogens with zero attached hydrogens (tertiary/aromatic N) is 4. The standard InChI is InChI=1S/C5H9ClN4O2S/c1-5(2,3)10-8-4(7-9-10)13(6,11)12/h1-3H3. The summed E-state index contributed by atoms with van der Waals surface area (Å²) in [6.07, 6.45) is 0. The fraction of sp³-hybridized carbons (Fsp3) is 0.800. The molecule has 1 aromatic rings. The normalized spacial score (nSPS) is 13.2. The van der Waals surface area contributed by atoms with Crippen molar-refractivity contribution in [3.05, 3.63) is 0 Å². The highest BCUT2D eigenvalue weighted by molar-refractivity contribution is 8.13. The maximum absolute atomic E-state index is 10.8. The third-order valence-corrected chi connectivity index (χ3v) is 2.23. The molecule has 1 rings (SSSR count). The quantitative estimate of drug-likeness (QED) is 0.644. The lowest BCUT2D eigenvalue weighted by molar-refractivity contribution is 0.304. The molecule has 0 N–H and O–H groups in total. The van der Waals surface area contributed by atoms with Gasteiger partial charge in [0.1, 0.15) is 0 Å². The molecule has 0 amide bonds. The van der Waals surface area contributed by atoms with Crippen LogP contribution in [0.25, 0.3) is 0 Å². The van der Waals surface area contributed by atoms with E-state index in [4.69, 9.17) is 10.7 Å². The lowest BCUT2D eigenvalue weighted by Crippen LogP contribution is -2.24. The molecule has 0 aliphatic rings. The van der Waals surface area contributed by atoms with Crippen molar-refractivity contribution >= 4 is 19.7 Å². The molecule has 74 valence electrons. The average Bonchev–Trinajstić information content (AvgIpc) is 2.28. The molecular formula is C5H9ClN4O2S. The van der Waals surface area contributed by atoms with Gasteiger partial charge in [-0.25, -0.2) is 8.42 Å². The maximum Gasteiger partial charge on any atom is 0.303 e. The summed E-state index contributed by atoms with van der Waals surface area (Å²) in [7, 11) is 1.14. The van der Waals surface area contributed by atoms with E-state index in [0.717, 1.165) is 0 Å². The number of aromatic nitrogens is 4. The van der Waals surface area contributed by atoms with Gasteiger partial charge in [0, 0.05) is 10.7 Å². The van der Waals surface area contributed by atoms with Gasteiger partial charge in [-0.3, -0.25) is 0 Å². The molecule has 1 heterocycles. The van der Waals surface area contributed by atoms with Crippen molar-refractivity contribution in [1.29, 1.82) is 0 Å². The second-order valence-electron chi connectivity index (χ2n) is 3.47. The van der Waals surface area contributed by atoms with Gasteiger partial charge in [-0.2, -0.15) is 4.80 Å². The summed E-state index contributed by atoms with van der Waals surface area (Å²) in [6, 6.07) is 0. The second-order valence-corrected chi connectivity index (χ2v) is 5.93. The van der Waals surface area contributed by atoms with Crippen LogP contribution in [-0.2, 0) is 14.6 Å². The van der Waals surface area contributed by atoms with Crippen molar-refractivity contribution in [2.45, 2.75) is 31.5 Å². The zero-order valence-corrected chi connectivity index (χ0v) is 8.96. The van der Waals surface area contributed by atoms with Gasteiger partial charge in [0.15, 0.2) is 0 Å². The third kappa shape index (κ3) is 2.38. The molecule has 0 atom stereocenters. The molecular weight excluding hydrogens is 216 g/mol. The van der Waals surface area contributed by atoms with Crippen LogP contribution in [0.2, 0.25) is 0 Å². The largest absolute Gasteiger partial charge is 0.303 e. The smallest absolute Gasteiger partial charge is 0.203 e. The molecule has 0 saturated heterocycles. The first-order chi connectivity index (χ1) is 5.71. The second kappa shape index (κ2) is 2.91. The predicted molar refractivity (Wildman–Crippen MR) is 45.9 cm³/mol. The van der Waals surface area contributed by atoms with Crippen LogP contribution < -0.4 is 0 Å². The summed E-state index contributed by atoms with van der Waals surface area (Å²) in [4.78, 5) is 1.20. The first-order valence-corrected chi connectivity index (χ1v) is 5.77. The minimum atomic E-state index is -3.88. The van der Waals surface area contributed by atoms with Gasteiger partial charge < -0.3 is 0 Å². The zero-order chi connectivity index (χ0) is 10.3. The van der Waals surface area contributed by atoms with Gasteiger partial charge in [-0.1, -0.05) is 5.10 Å². The first-order valence-electron chi connectivity index (χ1n) is 3.46. The van der Waals surface area contributed by atoms with Crippen molar-refractivity contribution in [3.63, 3.8) is 0 Å². The molecule has 0 bridgehead atoms. The molecule has 0 saturated carbocycles. The summed E-state index contributed by atoms with van der Waals surface area (Å²) in [5.74, 6) is 0. The molecule has 0 unspecified atom stereocenters. The summed E-state index contributed by atoms with van der Waals surface area (Å²) >= 11 is 0. The summed E-state index contributed by atoms with van der Waals surface area (Å²) in [5.41, 5.74) is -0.410. The van der Waals surface area contributed by atoms with Crippen molar-refractivity contribution in [2.75, 3.05) is 0 Å². The van der Waals surface area contributed by atoms with Gasteiger partial charge in [-0.15, -0.1) is 5.10 Å². The molecule has 0 fully saturated rings. The molecule has 1 aromatic heterocycles. The number of hydrogen-bond donors (Lipinski definition) is 0. The third-order valence-electron chi connectivity index (χ3n) is 1.21. The monoisotopic (exact) mass is 224 g/mol. The highest BCUT2D eigenvalue weighted by Gasteiger charge is 2.22. The Hall–Kier alpha value is -0.690. The van der Waals surface area contributed by atoms with Crippen molar-refractivity contribution < 1.29 is 8.42 Å². The van der Waals surface area contributed by atoms with Crippen molar-refractivity contribution in [1.82, 2.24) is 20.2 Å². The van der Waals surface area contributed by atoms with E-state index in [9.17, 15) is 8.42 Å². The number of tetrazole rings is 1. The van der Waals surface area contributed by atoms with E-state index in [2.05, 4.69) is 15.4 Å². The molecule has 0 aromatic carbocycles. The van der Waals surface area contributed by atoms with Gasteiger partial charge in [0.2, 0.25) is 0 Å². The number of hydrogen-bond acceptors (Lipinski definition) is 5. The van der Waals surface area contributed by atoms with Crippen LogP contribution in [0.4, 0.5) is 0 Å². The molecule has 0 spiro atoms.